The fourth-order valence-corrected chi connectivity index (χ4v) is 3.74. The fraction of sp³-hybridized carbons (Fsp3) is 0.600. The lowest BCUT2D eigenvalue weighted by Crippen LogP contribution is -2.34. The number of sulfonamides is 1. The molecule has 1 aromatic carbocycles. The first-order chi connectivity index (χ1) is 9.32. The van der Waals surface area contributed by atoms with Crippen LogP contribution in [0, 0.1) is 5.92 Å². The molecule has 20 heavy (non-hydrogen) atoms. The molecular formula is C15H25NO3S. The summed E-state index contributed by atoms with van der Waals surface area (Å²) in [6.45, 7) is 8.64. The number of benzene rings is 1. The summed E-state index contributed by atoms with van der Waals surface area (Å²) in [6.07, 6.45) is -0.0576. The van der Waals surface area contributed by atoms with E-state index in [0.29, 0.717) is 25.1 Å². The molecule has 4 nitrogen and oxygen atoms in total. The normalized spacial score (nSPS) is 13.9. The summed E-state index contributed by atoms with van der Waals surface area (Å²) in [7, 11) is -3.49. The second-order valence-electron chi connectivity index (χ2n) is 5.35. The number of aliphatic hydroxyl groups is 1. The van der Waals surface area contributed by atoms with E-state index in [2.05, 4.69) is 0 Å². The Labute approximate surface area is 122 Å². The van der Waals surface area contributed by atoms with E-state index in [1.165, 1.54) is 4.31 Å². The standard InChI is InChI=1S/C15H25NO3S/c1-5-15(17)13-8-7-9-14(10-13)20(18,19)16(6-2)11-12(3)4/h7-10,12,15,17H,5-6,11H2,1-4H3. The van der Waals surface area contributed by atoms with Gasteiger partial charge in [-0.25, -0.2) is 8.42 Å². The van der Waals surface area contributed by atoms with Crippen molar-refractivity contribution in [3.05, 3.63) is 29.8 Å². The van der Waals surface area contributed by atoms with Gasteiger partial charge in [0.1, 0.15) is 0 Å². The molecule has 0 bridgehead atoms. The van der Waals surface area contributed by atoms with Gasteiger partial charge in [0.2, 0.25) is 10.0 Å². The Hall–Kier alpha value is -0.910. The Kier molecular flexibility index (Phi) is 6.17. The smallest absolute Gasteiger partial charge is 0.243 e. The third kappa shape index (κ3) is 4.04. The molecule has 0 aromatic heterocycles. The average molecular weight is 299 g/mol. The summed E-state index contributed by atoms with van der Waals surface area (Å²) in [5, 5.41) is 9.85. The minimum atomic E-state index is -3.49. The van der Waals surface area contributed by atoms with E-state index in [1.807, 2.05) is 27.7 Å². The van der Waals surface area contributed by atoms with Crippen molar-refractivity contribution in [3.63, 3.8) is 0 Å². The van der Waals surface area contributed by atoms with Crippen LogP contribution in [-0.2, 0) is 10.0 Å². The highest BCUT2D eigenvalue weighted by Gasteiger charge is 2.24. The van der Waals surface area contributed by atoms with E-state index >= 15 is 0 Å². The fourth-order valence-electron chi connectivity index (χ4n) is 2.07. The van der Waals surface area contributed by atoms with Crippen LogP contribution in [0.4, 0.5) is 0 Å². The van der Waals surface area contributed by atoms with Crippen LogP contribution in [0.3, 0.4) is 0 Å². The van der Waals surface area contributed by atoms with Crippen molar-refractivity contribution in [2.45, 2.75) is 45.1 Å². The molecule has 1 atom stereocenters. The van der Waals surface area contributed by atoms with Gasteiger partial charge in [-0.1, -0.05) is 39.8 Å². The lowest BCUT2D eigenvalue weighted by atomic mass is 10.1. The van der Waals surface area contributed by atoms with Crippen molar-refractivity contribution in [1.29, 1.82) is 0 Å². The predicted molar refractivity (Wildman–Crippen MR) is 81.0 cm³/mol. The van der Waals surface area contributed by atoms with Gasteiger partial charge in [-0.15, -0.1) is 0 Å². The Morgan fingerprint density at radius 2 is 1.90 bits per heavy atom. The van der Waals surface area contributed by atoms with Gasteiger partial charge in [-0.3, -0.25) is 0 Å². The molecule has 5 heteroatoms. The highest BCUT2D eigenvalue weighted by molar-refractivity contribution is 7.89. The van der Waals surface area contributed by atoms with Gasteiger partial charge in [0.05, 0.1) is 11.0 Å². The van der Waals surface area contributed by atoms with E-state index < -0.39 is 16.1 Å². The van der Waals surface area contributed by atoms with Crippen molar-refractivity contribution < 1.29 is 13.5 Å². The zero-order valence-corrected chi connectivity index (χ0v) is 13.5. The quantitative estimate of drug-likeness (QED) is 0.842. The molecule has 1 rings (SSSR count). The Bertz CT molecular complexity index is 526. The molecule has 0 amide bonds. The number of nitrogens with zero attached hydrogens (tertiary/aromatic N) is 1. The van der Waals surface area contributed by atoms with Crippen LogP contribution >= 0.6 is 0 Å². The summed E-state index contributed by atoms with van der Waals surface area (Å²) in [4.78, 5) is 0.255. The predicted octanol–water partition coefficient (Wildman–Crippen LogP) is 2.80. The largest absolute Gasteiger partial charge is 0.388 e. The number of rotatable bonds is 7. The lowest BCUT2D eigenvalue weighted by Gasteiger charge is -2.23. The first kappa shape index (κ1) is 17.1. The molecule has 0 spiro atoms. The van der Waals surface area contributed by atoms with Crippen LogP contribution in [0.15, 0.2) is 29.2 Å². The van der Waals surface area contributed by atoms with Crippen LogP contribution in [-0.4, -0.2) is 30.9 Å². The van der Waals surface area contributed by atoms with Gasteiger partial charge < -0.3 is 5.11 Å². The summed E-state index contributed by atoms with van der Waals surface area (Å²) in [5.74, 6) is 0.272. The molecule has 0 aliphatic rings. The molecule has 0 fully saturated rings. The van der Waals surface area contributed by atoms with Crippen LogP contribution < -0.4 is 0 Å². The van der Waals surface area contributed by atoms with Gasteiger partial charge in [-0.2, -0.15) is 4.31 Å². The third-order valence-electron chi connectivity index (χ3n) is 3.19. The zero-order valence-electron chi connectivity index (χ0n) is 12.7. The molecule has 1 aromatic rings. The lowest BCUT2D eigenvalue weighted by molar-refractivity contribution is 0.173. The molecule has 1 unspecified atom stereocenters. The third-order valence-corrected chi connectivity index (χ3v) is 5.13. The van der Waals surface area contributed by atoms with E-state index in [-0.39, 0.29) is 10.8 Å². The van der Waals surface area contributed by atoms with Gasteiger partial charge in [0, 0.05) is 13.1 Å². The van der Waals surface area contributed by atoms with Gasteiger partial charge >= 0.3 is 0 Å². The second kappa shape index (κ2) is 7.20. The molecule has 0 aliphatic heterocycles. The molecule has 0 radical (unpaired) electrons. The summed E-state index contributed by atoms with van der Waals surface area (Å²) in [6, 6.07) is 6.60. The zero-order chi connectivity index (χ0) is 15.3. The molecule has 0 saturated carbocycles. The van der Waals surface area contributed by atoms with Gasteiger partial charge in [0.25, 0.3) is 0 Å². The van der Waals surface area contributed by atoms with E-state index in [0.717, 1.165) is 0 Å². The maximum Gasteiger partial charge on any atom is 0.243 e. The SMILES string of the molecule is CCC(O)c1cccc(S(=O)(=O)N(CC)CC(C)C)c1. The molecule has 0 heterocycles. The Morgan fingerprint density at radius 3 is 2.40 bits per heavy atom. The highest BCUT2D eigenvalue weighted by atomic mass is 32.2. The Morgan fingerprint density at radius 1 is 1.25 bits per heavy atom. The maximum absolute atomic E-state index is 12.6. The summed E-state index contributed by atoms with van der Waals surface area (Å²) in [5.41, 5.74) is 0.647. The maximum atomic E-state index is 12.6. The van der Waals surface area contributed by atoms with Crippen molar-refractivity contribution in [1.82, 2.24) is 4.31 Å². The second-order valence-corrected chi connectivity index (χ2v) is 7.28. The van der Waals surface area contributed by atoms with Crippen molar-refractivity contribution in [2.75, 3.05) is 13.1 Å². The van der Waals surface area contributed by atoms with Gasteiger partial charge in [-0.05, 0) is 30.0 Å². The average Bonchev–Trinajstić information content (AvgIpc) is 2.43. The van der Waals surface area contributed by atoms with Crippen LogP contribution in [0.1, 0.15) is 45.8 Å². The minimum Gasteiger partial charge on any atom is -0.388 e. The first-order valence-corrected chi connectivity index (χ1v) is 8.55. The molecule has 0 aliphatic carbocycles. The van der Waals surface area contributed by atoms with Crippen molar-refractivity contribution in [3.8, 4) is 0 Å². The van der Waals surface area contributed by atoms with Crippen molar-refractivity contribution >= 4 is 10.0 Å². The molecule has 114 valence electrons. The van der Waals surface area contributed by atoms with Crippen LogP contribution in [0.5, 0.6) is 0 Å². The highest BCUT2D eigenvalue weighted by Crippen LogP contribution is 2.22. The minimum absolute atomic E-state index is 0.255. The number of hydrogen-bond donors (Lipinski definition) is 1. The monoisotopic (exact) mass is 299 g/mol. The summed E-state index contributed by atoms with van der Waals surface area (Å²) < 4.78 is 26.7. The van der Waals surface area contributed by atoms with E-state index in [4.69, 9.17) is 0 Å². The number of aliphatic hydroxyl groups excluding tert-OH is 1. The molecule has 0 saturated heterocycles. The first-order valence-electron chi connectivity index (χ1n) is 7.11. The molecular weight excluding hydrogens is 274 g/mol. The van der Waals surface area contributed by atoms with E-state index in [1.54, 1.807) is 24.3 Å². The topological polar surface area (TPSA) is 57.6 Å². The van der Waals surface area contributed by atoms with Crippen LogP contribution in [0.25, 0.3) is 0 Å². The number of hydrogen-bond acceptors (Lipinski definition) is 3. The summed E-state index contributed by atoms with van der Waals surface area (Å²) >= 11 is 0. The van der Waals surface area contributed by atoms with Crippen LogP contribution in [0.2, 0.25) is 0 Å². The van der Waals surface area contributed by atoms with Crippen molar-refractivity contribution in [2.24, 2.45) is 5.92 Å². The Balaban J connectivity index is 3.14. The van der Waals surface area contributed by atoms with Gasteiger partial charge in [0.15, 0.2) is 0 Å². The molecule has 1 N–H and O–H groups in total. The van der Waals surface area contributed by atoms with E-state index in [9.17, 15) is 13.5 Å².